The molecule has 2 rings (SSSR count). The standard InChI is InChI=1S/C17H25N3O3/c1-12(2)10-18-17(22)19-15-6-4-5-14(9-15)16(21)20-7-8-23-13(3)11-20/h4-6,9,12-13H,7-8,10-11H2,1-3H3,(H2,18,19,22). The Hall–Kier alpha value is -2.08. The van der Waals surface area contributed by atoms with Crippen LogP contribution in [-0.2, 0) is 4.74 Å². The van der Waals surface area contributed by atoms with E-state index in [0.717, 1.165) is 0 Å². The van der Waals surface area contributed by atoms with Gasteiger partial charge in [0, 0.05) is 30.9 Å². The monoisotopic (exact) mass is 319 g/mol. The third kappa shape index (κ3) is 5.25. The number of amides is 3. The van der Waals surface area contributed by atoms with E-state index in [1.807, 2.05) is 20.8 Å². The maximum Gasteiger partial charge on any atom is 0.319 e. The lowest BCUT2D eigenvalue weighted by molar-refractivity contribution is -0.0124. The van der Waals surface area contributed by atoms with Gasteiger partial charge in [0.25, 0.3) is 5.91 Å². The Kier molecular flexibility index (Phi) is 5.98. The lowest BCUT2D eigenvalue weighted by Gasteiger charge is -2.31. The summed E-state index contributed by atoms with van der Waals surface area (Å²) in [7, 11) is 0. The summed E-state index contributed by atoms with van der Waals surface area (Å²) in [5.74, 6) is 0.350. The number of ether oxygens (including phenoxy) is 1. The van der Waals surface area contributed by atoms with Gasteiger partial charge in [0.05, 0.1) is 12.7 Å². The van der Waals surface area contributed by atoms with E-state index in [9.17, 15) is 9.59 Å². The first-order valence-corrected chi connectivity index (χ1v) is 8.01. The van der Waals surface area contributed by atoms with Crippen LogP contribution in [0.4, 0.5) is 10.5 Å². The molecule has 0 aliphatic carbocycles. The van der Waals surface area contributed by atoms with Gasteiger partial charge in [0.15, 0.2) is 0 Å². The van der Waals surface area contributed by atoms with E-state index in [2.05, 4.69) is 10.6 Å². The molecule has 0 aromatic heterocycles. The molecule has 1 fully saturated rings. The zero-order valence-corrected chi connectivity index (χ0v) is 14.0. The summed E-state index contributed by atoms with van der Waals surface area (Å²) >= 11 is 0. The molecule has 23 heavy (non-hydrogen) atoms. The molecule has 1 aliphatic heterocycles. The van der Waals surface area contributed by atoms with Crippen molar-refractivity contribution in [2.75, 3.05) is 31.6 Å². The van der Waals surface area contributed by atoms with Crippen molar-refractivity contribution in [3.05, 3.63) is 29.8 Å². The highest BCUT2D eigenvalue weighted by atomic mass is 16.5. The summed E-state index contributed by atoms with van der Waals surface area (Å²) in [4.78, 5) is 26.1. The number of benzene rings is 1. The van der Waals surface area contributed by atoms with Crippen LogP contribution in [0.3, 0.4) is 0 Å². The Morgan fingerprint density at radius 1 is 1.39 bits per heavy atom. The van der Waals surface area contributed by atoms with Gasteiger partial charge in [0.1, 0.15) is 0 Å². The van der Waals surface area contributed by atoms with Crippen molar-refractivity contribution >= 4 is 17.6 Å². The van der Waals surface area contributed by atoms with Gasteiger partial charge in [-0.15, -0.1) is 0 Å². The predicted molar refractivity (Wildman–Crippen MR) is 89.6 cm³/mol. The number of nitrogens with one attached hydrogen (secondary N) is 2. The molecule has 126 valence electrons. The molecule has 1 unspecified atom stereocenters. The molecule has 0 spiro atoms. The predicted octanol–water partition coefficient (Wildman–Crippen LogP) is 2.33. The van der Waals surface area contributed by atoms with E-state index in [4.69, 9.17) is 4.74 Å². The first kappa shape index (κ1) is 17.3. The van der Waals surface area contributed by atoms with Crippen molar-refractivity contribution in [1.82, 2.24) is 10.2 Å². The number of hydrogen-bond acceptors (Lipinski definition) is 3. The maximum atomic E-state index is 12.5. The van der Waals surface area contributed by atoms with E-state index < -0.39 is 0 Å². The fourth-order valence-electron chi connectivity index (χ4n) is 2.39. The largest absolute Gasteiger partial charge is 0.375 e. The van der Waals surface area contributed by atoms with Crippen LogP contribution in [0.1, 0.15) is 31.1 Å². The van der Waals surface area contributed by atoms with Crippen molar-refractivity contribution in [2.24, 2.45) is 5.92 Å². The highest BCUT2D eigenvalue weighted by Gasteiger charge is 2.22. The molecule has 6 nitrogen and oxygen atoms in total. The van der Waals surface area contributed by atoms with E-state index in [-0.39, 0.29) is 18.0 Å². The van der Waals surface area contributed by atoms with Crippen molar-refractivity contribution in [3.8, 4) is 0 Å². The first-order valence-electron chi connectivity index (χ1n) is 8.01. The summed E-state index contributed by atoms with van der Waals surface area (Å²) in [6.45, 7) is 8.36. The van der Waals surface area contributed by atoms with Crippen LogP contribution in [0.25, 0.3) is 0 Å². The van der Waals surface area contributed by atoms with Crippen LogP contribution in [0.2, 0.25) is 0 Å². The van der Waals surface area contributed by atoms with Crippen LogP contribution in [0, 0.1) is 5.92 Å². The number of anilines is 1. The lowest BCUT2D eigenvalue weighted by atomic mass is 10.1. The zero-order chi connectivity index (χ0) is 16.8. The summed E-state index contributed by atoms with van der Waals surface area (Å²) in [6, 6.07) is 6.75. The SMILES string of the molecule is CC(C)CNC(=O)Nc1cccc(C(=O)N2CCOC(C)C2)c1. The molecule has 1 aromatic carbocycles. The Labute approximate surface area is 137 Å². The molecule has 1 heterocycles. The normalized spacial score (nSPS) is 17.9. The highest BCUT2D eigenvalue weighted by Crippen LogP contribution is 2.15. The number of rotatable bonds is 4. The van der Waals surface area contributed by atoms with E-state index in [1.54, 1.807) is 29.2 Å². The minimum absolute atomic E-state index is 0.0358. The first-order chi connectivity index (χ1) is 11.0. The van der Waals surface area contributed by atoms with Crippen molar-refractivity contribution in [3.63, 3.8) is 0 Å². The summed E-state index contributed by atoms with van der Waals surface area (Å²) < 4.78 is 5.46. The van der Waals surface area contributed by atoms with Gasteiger partial charge >= 0.3 is 6.03 Å². The Bertz CT molecular complexity index is 560. The maximum absolute atomic E-state index is 12.5. The Balaban J connectivity index is 1.98. The van der Waals surface area contributed by atoms with Gasteiger partial charge in [-0.05, 0) is 31.0 Å². The summed E-state index contributed by atoms with van der Waals surface area (Å²) in [5.41, 5.74) is 1.18. The minimum atomic E-state index is -0.261. The second-order valence-electron chi connectivity index (χ2n) is 6.24. The molecule has 1 aliphatic rings. The third-order valence-electron chi connectivity index (χ3n) is 3.57. The average molecular weight is 319 g/mol. The van der Waals surface area contributed by atoms with E-state index >= 15 is 0 Å². The molecule has 2 N–H and O–H groups in total. The van der Waals surface area contributed by atoms with Crippen LogP contribution in [-0.4, -0.2) is 49.2 Å². The fourth-order valence-corrected chi connectivity index (χ4v) is 2.39. The second kappa shape index (κ2) is 7.97. The summed E-state index contributed by atoms with van der Waals surface area (Å²) in [6.07, 6.45) is 0.0517. The number of carbonyl (C=O) groups is 2. The fraction of sp³-hybridized carbons (Fsp3) is 0.529. The number of carbonyl (C=O) groups excluding carboxylic acids is 2. The third-order valence-corrected chi connectivity index (χ3v) is 3.57. The molecule has 1 atom stereocenters. The van der Waals surface area contributed by atoms with E-state index in [1.165, 1.54) is 0 Å². The van der Waals surface area contributed by atoms with Crippen molar-refractivity contribution < 1.29 is 14.3 Å². The molecule has 0 saturated carbocycles. The lowest BCUT2D eigenvalue weighted by Crippen LogP contribution is -2.44. The van der Waals surface area contributed by atoms with Gasteiger partial charge in [-0.25, -0.2) is 4.79 Å². The molecular formula is C17H25N3O3. The smallest absolute Gasteiger partial charge is 0.319 e. The van der Waals surface area contributed by atoms with Crippen LogP contribution in [0.5, 0.6) is 0 Å². The molecular weight excluding hydrogens is 294 g/mol. The van der Waals surface area contributed by atoms with Crippen LogP contribution < -0.4 is 10.6 Å². The number of nitrogens with zero attached hydrogens (tertiary/aromatic N) is 1. The number of morpholine rings is 1. The van der Waals surface area contributed by atoms with Gasteiger partial charge in [-0.2, -0.15) is 0 Å². The van der Waals surface area contributed by atoms with Gasteiger partial charge in [0.2, 0.25) is 0 Å². The van der Waals surface area contributed by atoms with Crippen LogP contribution in [0.15, 0.2) is 24.3 Å². The zero-order valence-electron chi connectivity index (χ0n) is 14.0. The Morgan fingerprint density at radius 2 is 2.17 bits per heavy atom. The molecule has 1 aromatic rings. The second-order valence-corrected chi connectivity index (χ2v) is 6.24. The number of hydrogen-bond donors (Lipinski definition) is 2. The van der Waals surface area contributed by atoms with Gasteiger partial charge in [-0.1, -0.05) is 19.9 Å². The van der Waals surface area contributed by atoms with Gasteiger partial charge in [-0.3, -0.25) is 4.79 Å². The molecule has 0 radical (unpaired) electrons. The van der Waals surface area contributed by atoms with Gasteiger partial charge < -0.3 is 20.3 Å². The van der Waals surface area contributed by atoms with Crippen molar-refractivity contribution in [1.29, 1.82) is 0 Å². The highest BCUT2D eigenvalue weighted by molar-refractivity contribution is 5.97. The molecule has 6 heteroatoms. The quantitative estimate of drug-likeness (QED) is 0.895. The van der Waals surface area contributed by atoms with Crippen LogP contribution >= 0.6 is 0 Å². The minimum Gasteiger partial charge on any atom is -0.375 e. The molecule has 0 bridgehead atoms. The topological polar surface area (TPSA) is 70.7 Å². The van der Waals surface area contributed by atoms with E-state index in [0.29, 0.717) is 43.4 Å². The Morgan fingerprint density at radius 3 is 2.87 bits per heavy atom. The number of urea groups is 1. The average Bonchev–Trinajstić information content (AvgIpc) is 2.52. The summed E-state index contributed by atoms with van der Waals surface area (Å²) in [5, 5.41) is 5.55. The molecule has 3 amide bonds. The van der Waals surface area contributed by atoms with Crippen molar-refractivity contribution in [2.45, 2.75) is 26.9 Å². The molecule has 1 saturated heterocycles.